The van der Waals surface area contributed by atoms with Crippen molar-refractivity contribution in [2.24, 2.45) is 0 Å². The number of benzene rings is 1. The number of aliphatic hydroxyl groups is 1. The maximum atomic E-state index is 13.0. The highest BCUT2D eigenvalue weighted by Gasteiger charge is 2.29. The third kappa shape index (κ3) is 3.49. The van der Waals surface area contributed by atoms with Crippen LogP contribution in [0.5, 0.6) is 0 Å². The predicted molar refractivity (Wildman–Crippen MR) is 74.6 cm³/mol. The van der Waals surface area contributed by atoms with Gasteiger partial charge in [0, 0.05) is 6.54 Å². The van der Waals surface area contributed by atoms with Gasteiger partial charge in [0.2, 0.25) is 10.0 Å². The summed E-state index contributed by atoms with van der Waals surface area (Å²) >= 11 is 0. The van der Waals surface area contributed by atoms with Gasteiger partial charge in [0.25, 0.3) is 0 Å². The van der Waals surface area contributed by atoms with Crippen molar-refractivity contribution >= 4 is 10.0 Å². The number of aryl methyl sites for hydroxylation is 1. The van der Waals surface area contributed by atoms with E-state index in [4.69, 9.17) is 4.42 Å². The average Bonchev–Trinajstić information content (AvgIpc) is 2.91. The summed E-state index contributed by atoms with van der Waals surface area (Å²) in [6, 6.07) is 6.56. The molecular formula is C14H16FNO4S. The topological polar surface area (TPSA) is 79.5 Å². The van der Waals surface area contributed by atoms with Gasteiger partial charge in [0.05, 0.1) is 11.2 Å². The maximum Gasteiger partial charge on any atom is 0.240 e. The molecule has 0 fully saturated rings. The Balaban J connectivity index is 2.19. The van der Waals surface area contributed by atoms with E-state index in [0.29, 0.717) is 5.56 Å². The van der Waals surface area contributed by atoms with Crippen molar-refractivity contribution in [1.82, 2.24) is 4.72 Å². The van der Waals surface area contributed by atoms with Crippen LogP contribution in [-0.2, 0) is 15.6 Å². The van der Waals surface area contributed by atoms with Crippen LogP contribution >= 0.6 is 0 Å². The van der Waals surface area contributed by atoms with E-state index in [0.717, 1.165) is 12.1 Å². The fourth-order valence-electron chi connectivity index (χ4n) is 1.90. The number of nitrogens with one attached hydrogen (secondary N) is 1. The minimum Gasteiger partial charge on any atom is -0.466 e. The van der Waals surface area contributed by atoms with Gasteiger partial charge in [-0.25, -0.2) is 17.5 Å². The van der Waals surface area contributed by atoms with E-state index in [1.54, 1.807) is 12.1 Å². The first-order valence-corrected chi connectivity index (χ1v) is 7.73. The summed E-state index contributed by atoms with van der Waals surface area (Å²) in [6.45, 7) is 2.67. The summed E-state index contributed by atoms with van der Waals surface area (Å²) < 4.78 is 44.8. The van der Waals surface area contributed by atoms with E-state index < -0.39 is 21.4 Å². The van der Waals surface area contributed by atoms with Crippen molar-refractivity contribution in [3.8, 4) is 0 Å². The van der Waals surface area contributed by atoms with E-state index in [2.05, 4.69) is 4.72 Å². The SMILES string of the molecule is Cc1cc(F)ccc1S(=O)(=O)NC[C@](C)(O)c1ccco1. The van der Waals surface area contributed by atoms with Crippen molar-refractivity contribution in [3.63, 3.8) is 0 Å². The molecule has 114 valence electrons. The average molecular weight is 313 g/mol. The smallest absolute Gasteiger partial charge is 0.240 e. The number of hydrogen-bond acceptors (Lipinski definition) is 4. The van der Waals surface area contributed by atoms with Gasteiger partial charge >= 0.3 is 0 Å². The number of sulfonamides is 1. The van der Waals surface area contributed by atoms with Gasteiger partial charge in [-0.15, -0.1) is 0 Å². The molecule has 0 aliphatic carbocycles. The van der Waals surface area contributed by atoms with Gasteiger partial charge in [-0.1, -0.05) is 0 Å². The zero-order chi connectivity index (χ0) is 15.7. The van der Waals surface area contributed by atoms with Crippen LogP contribution in [0.4, 0.5) is 4.39 Å². The van der Waals surface area contributed by atoms with Crippen molar-refractivity contribution in [2.75, 3.05) is 6.54 Å². The molecular weight excluding hydrogens is 297 g/mol. The van der Waals surface area contributed by atoms with E-state index in [1.165, 1.54) is 26.2 Å². The molecule has 1 aromatic carbocycles. The van der Waals surface area contributed by atoms with Crippen LogP contribution in [0.2, 0.25) is 0 Å². The number of halogens is 1. The van der Waals surface area contributed by atoms with Gasteiger partial charge in [-0.05, 0) is 49.7 Å². The standard InChI is InChI=1S/C14H16FNO4S/c1-10-8-11(15)5-6-12(10)21(18,19)16-9-14(2,17)13-4-3-7-20-13/h3-8,16-17H,9H2,1-2H3/t14-/m0/s1. The Morgan fingerprint density at radius 1 is 1.38 bits per heavy atom. The fourth-order valence-corrected chi connectivity index (χ4v) is 3.26. The zero-order valence-electron chi connectivity index (χ0n) is 11.6. The lowest BCUT2D eigenvalue weighted by atomic mass is 10.1. The Morgan fingerprint density at radius 3 is 2.67 bits per heavy atom. The van der Waals surface area contributed by atoms with Gasteiger partial charge < -0.3 is 9.52 Å². The summed E-state index contributed by atoms with van der Waals surface area (Å²) in [4.78, 5) is -0.0286. The highest BCUT2D eigenvalue weighted by molar-refractivity contribution is 7.89. The van der Waals surface area contributed by atoms with E-state index in [1.807, 2.05) is 0 Å². The molecule has 1 aromatic heterocycles. The summed E-state index contributed by atoms with van der Waals surface area (Å²) in [7, 11) is -3.85. The molecule has 1 heterocycles. The van der Waals surface area contributed by atoms with Crippen LogP contribution in [0.25, 0.3) is 0 Å². The monoisotopic (exact) mass is 313 g/mol. The molecule has 1 atom stereocenters. The van der Waals surface area contributed by atoms with Crippen molar-refractivity contribution in [2.45, 2.75) is 24.3 Å². The minimum atomic E-state index is -3.85. The maximum absolute atomic E-state index is 13.0. The lowest BCUT2D eigenvalue weighted by molar-refractivity contribution is 0.0395. The molecule has 2 N–H and O–H groups in total. The zero-order valence-corrected chi connectivity index (χ0v) is 12.4. The van der Waals surface area contributed by atoms with E-state index >= 15 is 0 Å². The first-order chi connectivity index (χ1) is 9.72. The Bertz CT molecular complexity index is 723. The van der Waals surface area contributed by atoms with Gasteiger partial charge in [0.15, 0.2) is 0 Å². The molecule has 0 aliphatic rings. The van der Waals surface area contributed by atoms with Crippen LogP contribution in [0, 0.1) is 12.7 Å². The number of furan rings is 1. The van der Waals surface area contributed by atoms with Crippen molar-refractivity contribution < 1.29 is 22.3 Å². The third-order valence-corrected chi connectivity index (χ3v) is 4.65. The van der Waals surface area contributed by atoms with Gasteiger partial charge in [-0.2, -0.15) is 0 Å². The Labute approximate surface area is 122 Å². The van der Waals surface area contributed by atoms with Crippen LogP contribution in [-0.4, -0.2) is 20.1 Å². The van der Waals surface area contributed by atoms with Crippen molar-refractivity contribution in [1.29, 1.82) is 0 Å². The van der Waals surface area contributed by atoms with Crippen LogP contribution in [0.1, 0.15) is 18.2 Å². The highest BCUT2D eigenvalue weighted by Crippen LogP contribution is 2.22. The summed E-state index contributed by atoms with van der Waals surface area (Å²) in [5.74, 6) is -0.255. The second-order valence-corrected chi connectivity index (χ2v) is 6.72. The molecule has 0 amide bonds. The molecule has 5 nitrogen and oxygen atoms in total. The molecule has 0 spiro atoms. The van der Waals surface area contributed by atoms with Crippen LogP contribution in [0.3, 0.4) is 0 Å². The summed E-state index contributed by atoms with van der Waals surface area (Å²) in [5.41, 5.74) is -1.19. The predicted octanol–water partition coefficient (Wildman–Crippen LogP) is 1.91. The largest absolute Gasteiger partial charge is 0.466 e. The molecule has 0 saturated heterocycles. The van der Waals surface area contributed by atoms with Crippen molar-refractivity contribution in [3.05, 3.63) is 53.7 Å². The quantitative estimate of drug-likeness (QED) is 0.884. The molecule has 2 rings (SSSR count). The number of rotatable bonds is 5. The molecule has 0 unspecified atom stereocenters. The second kappa shape index (κ2) is 5.59. The van der Waals surface area contributed by atoms with E-state index in [-0.39, 0.29) is 17.2 Å². The first kappa shape index (κ1) is 15.7. The van der Waals surface area contributed by atoms with E-state index in [9.17, 15) is 17.9 Å². The van der Waals surface area contributed by atoms with Gasteiger partial charge in [0.1, 0.15) is 17.2 Å². The van der Waals surface area contributed by atoms with Crippen LogP contribution < -0.4 is 4.72 Å². The molecule has 0 aliphatic heterocycles. The molecule has 0 bridgehead atoms. The Morgan fingerprint density at radius 2 is 2.10 bits per heavy atom. The molecule has 0 saturated carbocycles. The molecule has 2 aromatic rings. The lowest BCUT2D eigenvalue weighted by Crippen LogP contribution is -2.38. The highest BCUT2D eigenvalue weighted by atomic mass is 32.2. The van der Waals surface area contributed by atoms with Crippen LogP contribution in [0.15, 0.2) is 45.9 Å². The third-order valence-electron chi connectivity index (χ3n) is 3.08. The minimum absolute atomic E-state index is 0.0286. The Hall–Kier alpha value is -1.70. The Kier molecular flexibility index (Phi) is 4.18. The lowest BCUT2D eigenvalue weighted by Gasteiger charge is -2.21. The van der Waals surface area contributed by atoms with Gasteiger partial charge in [-0.3, -0.25) is 0 Å². The summed E-state index contributed by atoms with van der Waals surface area (Å²) in [5, 5.41) is 10.2. The first-order valence-electron chi connectivity index (χ1n) is 6.24. The fraction of sp³-hybridized carbons (Fsp3) is 0.286. The molecule has 0 radical (unpaired) electrons. The number of hydrogen-bond donors (Lipinski definition) is 2. The summed E-state index contributed by atoms with van der Waals surface area (Å²) in [6.07, 6.45) is 1.39. The second-order valence-electron chi connectivity index (χ2n) is 4.99. The molecule has 7 heteroatoms. The normalized spacial score (nSPS) is 14.9. The molecule has 21 heavy (non-hydrogen) atoms.